The Hall–Kier alpha value is -4.01. The molecule has 0 radical (unpaired) electrons. The molecule has 0 fully saturated rings. The number of carbonyl (C=O) groups is 2. The lowest BCUT2D eigenvalue weighted by Gasteiger charge is -2.06. The van der Waals surface area contributed by atoms with Crippen molar-refractivity contribution < 1.29 is 14.3 Å². The number of ether oxygens (including phenoxy) is 1. The average Bonchev–Trinajstić information content (AvgIpc) is 3.42. The van der Waals surface area contributed by atoms with Crippen molar-refractivity contribution in [3.05, 3.63) is 59.7 Å². The molecule has 0 atom stereocenters. The van der Waals surface area contributed by atoms with Gasteiger partial charge in [0.25, 0.3) is 5.91 Å². The number of nitrogens with one attached hydrogen (secondary N) is 3. The van der Waals surface area contributed by atoms with Crippen LogP contribution in [0.25, 0.3) is 17.0 Å². The summed E-state index contributed by atoms with van der Waals surface area (Å²) in [4.78, 5) is 24.2. The number of anilines is 2. The van der Waals surface area contributed by atoms with Gasteiger partial charge in [0, 0.05) is 34.6 Å². The lowest BCUT2D eigenvalue weighted by atomic mass is 10.0. The molecule has 158 valence electrons. The highest BCUT2D eigenvalue weighted by atomic mass is 16.5. The molecular formula is C22H22N6O3. The quantitative estimate of drug-likeness (QED) is 0.291. The van der Waals surface area contributed by atoms with Gasteiger partial charge in [-0.25, -0.2) is 9.89 Å². The van der Waals surface area contributed by atoms with Gasteiger partial charge in [-0.3, -0.25) is 4.79 Å². The van der Waals surface area contributed by atoms with Crippen LogP contribution in [0.3, 0.4) is 0 Å². The molecule has 0 bridgehead atoms. The zero-order chi connectivity index (χ0) is 21.6. The smallest absolute Gasteiger partial charge is 0.338 e. The molecule has 9 nitrogen and oxygen atoms in total. The van der Waals surface area contributed by atoms with E-state index in [0.717, 1.165) is 36.2 Å². The normalized spacial score (nSPS) is 13.7. The van der Waals surface area contributed by atoms with Crippen molar-refractivity contribution in [2.24, 2.45) is 0 Å². The topological polar surface area (TPSA) is 122 Å². The van der Waals surface area contributed by atoms with E-state index in [0.29, 0.717) is 29.3 Å². The highest BCUT2D eigenvalue weighted by molar-refractivity contribution is 6.31. The van der Waals surface area contributed by atoms with Gasteiger partial charge in [0.05, 0.1) is 12.2 Å². The SMILES string of the molecule is CCOC(=O)c1ccc2c(c1)NC(=O)C2=CCCCNc1ccc(-c2nnn[nH]2)cc1. The van der Waals surface area contributed by atoms with Gasteiger partial charge in [-0.05, 0) is 66.6 Å². The second-order valence-corrected chi connectivity index (χ2v) is 6.95. The zero-order valence-corrected chi connectivity index (χ0v) is 17.0. The first-order valence-corrected chi connectivity index (χ1v) is 10.1. The molecule has 1 aliphatic rings. The molecule has 2 aromatic carbocycles. The predicted octanol–water partition coefficient (Wildman–Crippen LogP) is 3.27. The van der Waals surface area contributed by atoms with Crippen LogP contribution in [0.5, 0.6) is 0 Å². The maximum Gasteiger partial charge on any atom is 0.338 e. The molecule has 3 N–H and O–H groups in total. The minimum atomic E-state index is -0.395. The van der Waals surface area contributed by atoms with Crippen molar-refractivity contribution in [2.75, 3.05) is 23.8 Å². The fourth-order valence-corrected chi connectivity index (χ4v) is 3.35. The minimum Gasteiger partial charge on any atom is -0.462 e. The summed E-state index contributed by atoms with van der Waals surface area (Å²) in [5.74, 6) is 0.0812. The standard InChI is InChI=1S/C22H22N6O3/c1-2-31-22(30)15-8-11-17-18(21(29)24-19(17)13-15)5-3-4-12-23-16-9-6-14(7-10-16)20-25-27-28-26-20/h5-11,13,23H,2-4,12H2,1H3,(H,24,29)(H,25,26,27,28). The number of hydrogen-bond acceptors (Lipinski definition) is 7. The number of aromatic amines is 1. The first kappa shape index (κ1) is 20.3. The van der Waals surface area contributed by atoms with Gasteiger partial charge in [-0.15, -0.1) is 5.10 Å². The predicted molar refractivity (Wildman–Crippen MR) is 116 cm³/mol. The number of allylic oxidation sites excluding steroid dienone is 1. The first-order chi connectivity index (χ1) is 15.2. The number of fused-ring (bicyclic) bond motifs is 1. The molecule has 0 spiro atoms. The number of unbranched alkanes of at least 4 members (excludes halogenated alkanes) is 1. The molecule has 1 aliphatic heterocycles. The third-order valence-corrected chi connectivity index (χ3v) is 4.88. The molecule has 0 unspecified atom stereocenters. The Morgan fingerprint density at radius 3 is 2.77 bits per heavy atom. The van der Waals surface area contributed by atoms with E-state index in [4.69, 9.17) is 4.74 Å². The van der Waals surface area contributed by atoms with Gasteiger partial charge in [0.1, 0.15) is 0 Å². The molecule has 0 aliphatic carbocycles. The van der Waals surface area contributed by atoms with Crippen LogP contribution < -0.4 is 10.6 Å². The van der Waals surface area contributed by atoms with Crippen LogP contribution in [-0.2, 0) is 9.53 Å². The largest absolute Gasteiger partial charge is 0.462 e. The van der Waals surface area contributed by atoms with E-state index in [1.54, 1.807) is 25.1 Å². The molecule has 4 rings (SSSR count). The monoisotopic (exact) mass is 418 g/mol. The number of tetrazole rings is 1. The van der Waals surface area contributed by atoms with Crippen molar-refractivity contribution in [3.63, 3.8) is 0 Å². The van der Waals surface area contributed by atoms with Crippen molar-refractivity contribution in [3.8, 4) is 11.4 Å². The van der Waals surface area contributed by atoms with Crippen molar-refractivity contribution in [2.45, 2.75) is 19.8 Å². The summed E-state index contributed by atoms with van der Waals surface area (Å²) in [5, 5.41) is 19.9. The lowest BCUT2D eigenvalue weighted by Crippen LogP contribution is -2.06. The van der Waals surface area contributed by atoms with Crippen molar-refractivity contribution in [1.29, 1.82) is 0 Å². The Morgan fingerprint density at radius 2 is 2.03 bits per heavy atom. The summed E-state index contributed by atoms with van der Waals surface area (Å²) in [6.07, 6.45) is 3.55. The average molecular weight is 418 g/mol. The summed E-state index contributed by atoms with van der Waals surface area (Å²) in [5.41, 5.74) is 4.43. The van der Waals surface area contributed by atoms with Crippen LogP contribution in [0, 0.1) is 0 Å². The van der Waals surface area contributed by atoms with Gasteiger partial charge >= 0.3 is 5.97 Å². The highest BCUT2D eigenvalue weighted by Crippen LogP contribution is 2.33. The second-order valence-electron chi connectivity index (χ2n) is 6.95. The maximum atomic E-state index is 12.3. The Kier molecular flexibility index (Phi) is 6.02. The zero-order valence-electron chi connectivity index (χ0n) is 17.0. The first-order valence-electron chi connectivity index (χ1n) is 10.1. The van der Waals surface area contributed by atoms with E-state index in [2.05, 4.69) is 31.3 Å². The van der Waals surface area contributed by atoms with Gasteiger partial charge in [-0.1, -0.05) is 12.1 Å². The summed E-state index contributed by atoms with van der Waals surface area (Å²) in [7, 11) is 0. The number of esters is 1. The summed E-state index contributed by atoms with van der Waals surface area (Å²) in [6.45, 7) is 2.84. The number of benzene rings is 2. The number of H-pyrrole nitrogens is 1. The minimum absolute atomic E-state index is 0.151. The second kappa shape index (κ2) is 9.21. The van der Waals surface area contributed by atoms with E-state index in [-0.39, 0.29) is 5.91 Å². The molecule has 1 amide bonds. The van der Waals surface area contributed by atoms with E-state index in [1.165, 1.54) is 0 Å². The Labute approximate surface area is 178 Å². The van der Waals surface area contributed by atoms with Gasteiger partial charge in [0.2, 0.25) is 0 Å². The van der Waals surface area contributed by atoms with Gasteiger partial charge in [0.15, 0.2) is 5.82 Å². The van der Waals surface area contributed by atoms with E-state index in [1.807, 2.05) is 30.3 Å². The Morgan fingerprint density at radius 1 is 1.19 bits per heavy atom. The van der Waals surface area contributed by atoms with Gasteiger partial charge in [-0.2, -0.15) is 0 Å². The summed E-state index contributed by atoms with van der Waals surface area (Å²) in [6, 6.07) is 13.0. The number of hydrogen-bond donors (Lipinski definition) is 3. The summed E-state index contributed by atoms with van der Waals surface area (Å²) < 4.78 is 5.01. The van der Waals surface area contributed by atoms with Crippen LogP contribution >= 0.6 is 0 Å². The number of amides is 1. The Balaban J connectivity index is 1.31. The van der Waals surface area contributed by atoms with E-state index in [9.17, 15) is 9.59 Å². The number of aromatic nitrogens is 4. The molecule has 2 heterocycles. The van der Waals surface area contributed by atoms with Crippen molar-refractivity contribution >= 4 is 28.8 Å². The van der Waals surface area contributed by atoms with Crippen LogP contribution in [0.2, 0.25) is 0 Å². The number of nitrogens with zero attached hydrogens (tertiary/aromatic N) is 3. The molecular weight excluding hydrogens is 396 g/mol. The molecule has 1 aromatic heterocycles. The van der Waals surface area contributed by atoms with Crippen LogP contribution in [0.15, 0.2) is 48.5 Å². The molecule has 0 saturated carbocycles. The van der Waals surface area contributed by atoms with E-state index >= 15 is 0 Å². The maximum absolute atomic E-state index is 12.3. The van der Waals surface area contributed by atoms with Crippen LogP contribution in [0.4, 0.5) is 11.4 Å². The lowest BCUT2D eigenvalue weighted by molar-refractivity contribution is -0.110. The Bertz CT molecular complexity index is 1110. The third-order valence-electron chi connectivity index (χ3n) is 4.88. The number of rotatable bonds is 8. The fraction of sp³-hybridized carbons (Fsp3) is 0.227. The van der Waals surface area contributed by atoms with Crippen molar-refractivity contribution in [1.82, 2.24) is 20.6 Å². The van der Waals surface area contributed by atoms with E-state index < -0.39 is 5.97 Å². The molecule has 3 aromatic rings. The molecule has 9 heteroatoms. The third kappa shape index (κ3) is 4.61. The summed E-state index contributed by atoms with van der Waals surface area (Å²) >= 11 is 0. The molecule has 0 saturated heterocycles. The van der Waals surface area contributed by atoms with Gasteiger partial charge < -0.3 is 15.4 Å². The fourth-order valence-electron chi connectivity index (χ4n) is 3.35. The number of carbonyl (C=O) groups excluding carboxylic acids is 2. The van der Waals surface area contributed by atoms with Crippen LogP contribution in [-0.4, -0.2) is 45.7 Å². The highest BCUT2D eigenvalue weighted by Gasteiger charge is 2.24. The van der Waals surface area contributed by atoms with Crippen LogP contribution in [0.1, 0.15) is 35.7 Å². The molecule has 31 heavy (non-hydrogen) atoms.